The maximum atomic E-state index is 14.1. The van der Waals surface area contributed by atoms with Crippen LogP contribution < -0.4 is 9.62 Å². The Hall–Kier alpha value is -2.49. The molecule has 1 aliphatic carbocycles. The summed E-state index contributed by atoms with van der Waals surface area (Å²) in [5.74, 6) is -0.953. The first-order valence-electron chi connectivity index (χ1n) is 13.5. The highest BCUT2D eigenvalue weighted by molar-refractivity contribution is 7.92. The van der Waals surface area contributed by atoms with E-state index >= 15 is 0 Å². The fraction of sp³-hybridized carbons (Fsp3) is 0.333. The van der Waals surface area contributed by atoms with Gasteiger partial charge in [0.05, 0.1) is 30.7 Å². The summed E-state index contributed by atoms with van der Waals surface area (Å²) in [6.07, 6.45) is 3.79. The molecule has 224 valence electrons. The molecule has 0 aliphatic heterocycles. The predicted molar refractivity (Wildman–Crippen MR) is 169 cm³/mol. The molecule has 0 bridgehead atoms. The molecule has 0 heterocycles. The number of carbonyl (C=O) groups excluding carboxylic acids is 2. The first-order valence-corrected chi connectivity index (χ1v) is 16.4. The molecule has 0 unspecified atom stereocenters. The number of amides is 2. The first kappa shape index (κ1) is 32.4. The van der Waals surface area contributed by atoms with E-state index in [0.29, 0.717) is 15.6 Å². The Kier molecular flexibility index (Phi) is 10.7. The Morgan fingerprint density at radius 3 is 2.24 bits per heavy atom. The number of carbonyl (C=O) groups is 2. The monoisotopic (exact) mass is 669 g/mol. The van der Waals surface area contributed by atoms with Gasteiger partial charge in [-0.1, -0.05) is 89.1 Å². The van der Waals surface area contributed by atoms with E-state index in [1.807, 2.05) is 6.92 Å². The number of halogens is 4. The third-order valence-corrected chi connectivity index (χ3v) is 10.6. The van der Waals surface area contributed by atoms with Gasteiger partial charge in [0.2, 0.25) is 11.8 Å². The molecule has 0 aromatic heterocycles. The summed E-state index contributed by atoms with van der Waals surface area (Å²) in [5.41, 5.74) is 1.52. The maximum absolute atomic E-state index is 14.1. The minimum atomic E-state index is -4.28. The van der Waals surface area contributed by atoms with Gasteiger partial charge in [0.15, 0.2) is 0 Å². The standard InChI is InChI=1S/C30H31Cl4N3O4S/c1-19-10-13-23(14-11-19)42(40,41)37(27-9-5-8-25(32)29(27)34)18-28(38)36(17-21-12-15-24(31)26(33)16-21)20(2)30(39)35-22-6-3-4-7-22/h5,8-16,20,22H,3-4,6-7,17-18H2,1-2H3,(H,35,39)/t20-/m1/s1. The molecule has 0 saturated heterocycles. The molecule has 2 amide bonds. The Labute approximate surface area is 266 Å². The fourth-order valence-corrected chi connectivity index (χ4v) is 7.04. The van der Waals surface area contributed by atoms with Crippen molar-refractivity contribution in [3.05, 3.63) is 91.9 Å². The lowest BCUT2D eigenvalue weighted by Crippen LogP contribution is -2.52. The van der Waals surface area contributed by atoms with E-state index in [4.69, 9.17) is 46.4 Å². The molecule has 7 nitrogen and oxygen atoms in total. The molecular formula is C30H31Cl4N3O4S. The number of nitrogens with one attached hydrogen (secondary N) is 1. The van der Waals surface area contributed by atoms with Crippen molar-refractivity contribution in [2.45, 2.75) is 63.1 Å². The van der Waals surface area contributed by atoms with Crippen LogP contribution in [0.3, 0.4) is 0 Å². The minimum absolute atomic E-state index is 0.0172. The Morgan fingerprint density at radius 2 is 1.60 bits per heavy atom. The fourth-order valence-electron chi connectivity index (χ4n) is 4.85. The lowest BCUT2D eigenvalue weighted by atomic mass is 10.1. The first-order chi connectivity index (χ1) is 19.9. The van der Waals surface area contributed by atoms with Gasteiger partial charge in [0, 0.05) is 12.6 Å². The molecule has 0 radical (unpaired) electrons. The second kappa shape index (κ2) is 13.9. The largest absolute Gasteiger partial charge is 0.352 e. The summed E-state index contributed by atoms with van der Waals surface area (Å²) in [6, 6.07) is 14.8. The molecule has 1 atom stereocenters. The van der Waals surface area contributed by atoms with Crippen LogP contribution in [0.1, 0.15) is 43.7 Å². The third kappa shape index (κ3) is 7.53. The number of rotatable bonds is 10. The second-order valence-corrected chi connectivity index (χ2v) is 13.8. The van der Waals surface area contributed by atoms with E-state index in [9.17, 15) is 18.0 Å². The van der Waals surface area contributed by atoms with Crippen molar-refractivity contribution in [1.82, 2.24) is 10.2 Å². The number of hydrogen-bond acceptors (Lipinski definition) is 4. The zero-order valence-corrected chi connectivity index (χ0v) is 27.0. The lowest BCUT2D eigenvalue weighted by molar-refractivity contribution is -0.139. The van der Waals surface area contributed by atoms with Gasteiger partial charge < -0.3 is 10.2 Å². The van der Waals surface area contributed by atoms with Gasteiger partial charge in [-0.2, -0.15) is 0 Å². The van der Waals surface area contributed by atoms with Crippen LogP contribution >= 0.6 is 46.4 Å². The Balaban J connectivity index is 1.73. The molecule has 4 rings (SSSR count). The second-order valence-electron chi connectivity index (χ2n) is 10.3. The lowest BCUT2D eigenvalue weighted by Gasteiger charge is -2.33. The van der Waals surface area contributed by atoms with Gasteiger partial charge in [-0.15, -0.1) is 0 Å². The van der Waals surface area contributed by atoms with Crippen LogP contribution in [0.2, 0.25) is 20.1 Å². The smallest absolute Gasteiger partial charge is 0.264 e. The van der Waals surface area contributed by atoms with Crippen molar-refractivity contribution in [3.8, 4) is 0 Å². The molecule has 12 heteroatoms. The number of sulfonamides is 1. The van der Waals surface area contributed by atoms with Crippen LogP contribution in [-0.4, -0.2) is 43.8 Å². The summed E-state index contributed by atoms with van der Waals surface area (Å²) < 4.78 is 28.9. The molecule has 1 saturated carbocycles. The normalized spacial score (nSPS) is 14.4. The summed E-state index contributed by atoms with van der Waals surface area (Å²) in [4.78, 5) is 28.7. The number of hydrogen-bond donors (Lipinski definition) is 1. The summed E-state index contributed by atoms with van der Waals surface area (Å²) in [7, 11) is -4.28. The van der Waals surface area contributed by atoms with E-state index in [1.54, 1.807) is 43.3 Å². The zero-order chi connectivity index (χ0) is 30.6. The highest BCUT2D eigenvalue weighted by atomic mass is 35.5. The van der Waals surface area contributed by atoms with E-state index in [0.717, 1.165) is 35.6 Å². The maximum Gasteiger partial charge on any atom is 0.264 e. The summed E-state index contributed by atoms with van der Waals surface area (Å²) in [6.45, 7) is 2.80. The highest BCUT2D eigenvalue weighted by Crippen LogP contribution is 2.36. The number of anilines is 1. The van der Waals surface area contributed by atoms with Crippen LogP contribution in [-0.2, 0) is 26.2 Å². The molecule has 3 aromatic carbocycles. The van der Waals surface area contributed by atoms with Gasteiger partial charge in [0.25, 0.3) is 10.0 Å². The quantitative estimate of drug-likeness (QED) is 0.246. The Bertz CT molecular complexity index is 1560. The van der Waals surface area contributed by atoms with Crippen molar-refractivity contribution in [2.75, 3.05) is 10.8 Å². The van der Waals surface area contributed by atoms with Crippen LogP contribution in [0.5, 0.6) is 0 Å². The van der Waals surface area contributed by atoms with Gasteiger partial charge in [0.1, 0.15) is 12.6 Å². The molecule has 3 aromatic rings. The third-order valence-electron chi connectivity index (χ3n) is 7.29. The van der Waals surface area contributed by atoms with E-state index < -0.39 is 28.5 Å². The molecule has 1 aliphatic rings. The van der Waals surface area contributed by atoms with Gasteiger partial charge in [-0.05, 0) is 68.7 Å². The van der Waals surface area contributed by atoms with Crippen LogP contribution in [0.4, 0.5) is 5.69 Å². The van der Waals surface area contributed by atoms with E-state index in [2.05, 4.69) is 5.32 Å². The molecule has 1 N–H and O–H groups in total. The summed E-state index contributed by atoms with van der Waals surface area (Å²) in [5, 5.41) is 3.77. The van der Waals surface area contributed by atoms with Crippen LogP contribution in [0.15, 0.2) is 65.6 Å². The topological polar surface area (TPSA) is 86.8 Å². The number of benzene rings is 3. The predicted octanol–water partition coefficient (Wildman–Crippen LogP) is 7.28. The van der Waals surface area contributed by atoms with E-state index in [1.165, 1.54) is 29.2 Å². The summed E-state index contributed by atoms with van der Waals surface area (Å²) >= 11 is 25.1. The van der Waals surface area contributed by atoms with Gasteiger partial charge in [-0.3, -0.25) is 13.9 Å². The average molecular weight is 671 g/mol. The van der Waals surface area contributed by atoms with E-state index in [-0.39, 0.29) is 39.1 Å². The molecule has 42 heavy (non-hydrogen) atoms. The molecule has 1 fully saturated rings. The zero-order valence-electron chi connectivity index (χ0n) is 23.1. The Morgan fingerprint density at radius 1 is 0.929 bits per heavy atom. The van der Waals surface area contributed by atoms with Crippen molar-refractivity contribution in [2.24, 2.45) is 0 Å². The van der Waals surface area contributed by atoms with Crippen LogP contribution in [0, 0.1) is 6.92 Å². The van der Waals surface area contributed by atoms with Crippen molar-refractivity contribution in [1.29, 1.82) is 0 Å². The number of nitrogens with zero attached hydrogens (tertiary/aromatic N) is 2. The highest BCUT2D eigenvalue weighted by Gasteiger charge is 2.34. The van der Waals surface area contributed by atoms with Gasteiger partial charge >= 0.3 is 0 Å². The molecular weight excluding hydrogens is 640 g/mol. The minimum Gasteiger partial charge on any atom is -0.352 e. The molecule has 0 spiro atoms. The van der Waals surface area contributed by atoms with Crippen molar-refractivity contribution < 1.29 is 18.0 Å². The van der Waals surface area contributed by atoms with Gasteiger partial charge in [-0.25, -0.2) is 8.42 Å². The van der Waals surface area contributed by atoms with Crippen LogP contribution in [0.25, 0.3) is 0 Å². The van der Waals surface area contributed by atoms with Crippen molar-refractivity contribution >= 4 is 73.9 Å². The SMILES string of the molecule is Cc1ccc(S(=O)(=O)N(CC(=O)N(Cc2ccc(Cl)c(Cl)c2)[C@H](C)C(=O)NC2CCCC2)c2cccc(Cl)c2Cl)cc1. The average Bonchev–Trinajstić information content (AvgIpc) is 3.46. The van der Waals surface area contributed by atoms with Crippen molar-refractivity contribution in [3.63, 3.8) is 0 Å². The number of aryl methyl sites for hydroxylation is 1.